The lowest BCUT2D eigenvalue weighted by Crippen LogP contribution is -2.29. The average Bonchev–Trinajstić information content (AvgIpc) is 3.35. The predicted molar refractivity (Wildman–Crippen MR) is 295 cm³/mol. The van der Waals surface area contributed by atoms with Crippen LogP contribution in [-0.4, -0.2) is 49.1 Å². The monoisotopic (exact) mass is 959 g/mol. The fraction of sp³-hybridized carbons (Fsp3) is 0.613. The lowest BCUT2D eigenvalue weighted by molar-refractivity contribution is 0.230. The maximum atomic E-state index is 6.97. The van der Waals surface area contributed by atoms with Crippen molar-refractivity contribution in [1.82, 2.24) is 0 Å². The molecule has 4 aromatic rings. The Morgan fingerprint density at radius 3 is 1.19 bits per heavy atom. The summed E-state index contributed by atoms with van der Waals surface area (Å²) >= 11 is 0. The van der Waals surface area contributed by atoms with Gasteiger partial charge in [0.1, 0.15) is 23.0 Å². The summed E-state index contributed by atoms with van der Waals surface area (Å²) in [6.45, 7) is 15.8. The summed E-state index contributed by atoms with van der Waals surface area (Å²) in [6.07, 6.45) is 27.4. The molecule has 0 saturated heterocycles. The normalized spacial score (nSPS) is 21.1. The second kappa shape index (κ2) is 24.4. The van der Waals surface area contributed by atoms with Crippen LogP contribution in [-0.2, 0) is 0 Å². The number of hydrogen-bond donors (Lipinski definition) is 0. The van der Waals surface area contributed by atoms with Gasteiger partial charge in [0.15, 0.2) is 0 Å². The summed E-state index contributed by atoms with van der Waals surface area (Å²) in [5.41, 5.74) is 10.8. The van der Waals surface area contributed by atoms with E-state index < -0.39 is 0 Å². The molecule has 0 bridgehead atoms. The van der Waals surface area contributed by atoms with Crippen LogP contribution in [0.4, 0.5) is 0 Å². The van der Waals surface area contributed by atoms with E-state index in [0.29, 0.717) is 17.8 Å². The molecular formula is C62H88O4P2. The van der Waals surface area contributed by atoms with Crippen LogP contribution in [0.15, 0.2) is 72.8 Å². The van der Waals surface area contributed by atoms with E-state index in [4.69, 9.17) is 18.9 Å². The quantitative estimate of drug-likeness (QED) is 0.0931. The molecule has 4 aliphatic rings. The first-order chi connectivity index (χ1) is 33.0. The molecule has 0 spiro atoms. The smallest absolute Gasteiger partial charge is 0.131 e. The van der Waals surface area contributed by atoms with Crippen molar-refractivity contribution in [2.45, 2.75) is 224 Å². The van der Waals surface area contributed by atoms with Crippen molar-refractivity contribution < 1.29 is 18.9 Å². The second-order valence-electron chi connectivity index (χ2n) is 22.2. The van der Waals surface area contributed by atoms with Crippen LogP contribution < -0.4 is 29.6 Å². The topological polar surface area (TPSA) is 36.9 Å². The van der Waals surface area contributed by atoms with Gasteiger partial charge in [0, 0.05) is 0 Å². The van der Waals surface area contributed by atoms with Gasteiger partial charge in [-0.05, 0) is 196 Å². The molecule has 0 amide bonds. The van der Waals surface area contributed by atoms with Crippen molar-refractivity contribution in [3.8, 4) is 45.3 Å². The predicted octanol–water partition coefficient (Wildman–Crippen LogP) is 17.7. The van der Waals surface area contributed by atoms with E-state index in [0.717, 1.165) is 51.2 Å². The minimum Gasteiger partial charge on any atom is -0.496 e. The number of methoxy groups -OCH3 is 2. The molecule has 4 aromatic carbocycles. The lowest BCUT2D eigenvalue weighted by atomic mass is 9.80. The Hall–Kier alpha value is -3.06. The van der Waals surface area contributed by atoms with E-state index in [1.807, 2.05) is 14.2 Å². The van der Waals surface area contributed by atoms with Gasteiger partial charge in [-0.2, -0.15) is 0 Å². The molecule has 0 radical (unpaired) electrons. The number of ether oxygens (including phenoxy) is 4. The molecule has 0 heterocycles. The Morgan fingerprint density at radius 1 is 0.441 bits per heavy atom. The maximum absolute atomic E-state index is 6.97. The summed E-state index contributed by atoms with van der Waals surface area (Å²) in [5.74, 6) is 5.40. The van der Waals surface area contributed by atoms with Crippen molar-refractivity contribution in [1.29, 1.82) is 0 Å². The van der Waals surface area contributed by atoms with Gasteiger partial charge in [0.2, 0.25) is 0 Å². The first kappa shape index (κ1) is 51.3. The fourth-order valence-electron chi connectivity index (χ4n) is 13.0. The van der Waals surface area contributed by atoms with Gasteiger partial charge in [0.25, 0.3) is 0 Å². The Labute approximate surface area is 416 Å². The highest BCUT2D eigenvalue weighted by atomic mass is 31.1. The van der Waals surface area contributed by atoms with E-state index in [-0.39, 0.29) is 28.1 Å². The third-order valence-electron chi connectivity index (χ3n) is 16.3. The SMILES string of the molecule is COc1cc(C(C)C)cc(OC)c1-c1ccccc1P(C1CCCCC1)C1CCC(CC(C)c2cc(OC(C)C)c(-c3ccccc3P(C3CCCCC3)C3CCCCC3)c(OC(C)C)c2)CC1. The summed E-state index contributed by atoms with van der Waals surface area (Å²) < 4.78 is 26.3. The van der Waals surface area contributed by atoms with Crippen LogP contribution >= 0.6 is 15.8 Å². The van der Waals surface area contributed by atoms with Crippen LogP contribution in [0.2, 0.25) is 0 Å². The third-order valence-corrected chi connectivity index (χ3v) is 23.4. The van der Waals surface area contributed by atoms with Crippen LogP contribution in [0.3, 0.4) is 0 Å². The van der Waals surface area contributed by atoms with Crippen LogP contribution in [0.5, 0.6) is 23.0 Å². The summed E-state index contributed by atoms with van der Waals surface area (Å²) in [6, 6.07) is 28.3. The highest BCUT2D eigenvalue weighted by Gasteiger charge is 2.38. The van der Waals surface area contributed by atoms with Crippen LogP contribution in [0.1, 0.15) is 200 Å². The van der Waals surface area contributed by atoms with Crippen LogP contribution in [0.25, 0.3) is 22.3 Å². The summed E-state index contributed by atoms with van der Waals surface area (Å²) in [4.78, 5) is 0. The Morgan fingerprint density at radius 2 is 0.809 bits per heavy atom. The zero-order chi connectivity index (χ0) is 47.7. The van der Waals surface area contributed by atoms with Gasteiger partial charge in [-0.25, -0.2) is 0 Å². The number of rotatable bonds is 18. The van der Waals surface area contributed by atoms with Gasteiger partial charge in [-0.1, -0.05) is 143 Å². The molecule has 4 aliphatic carbocycles. The second-order valence-corrected chi connectivity index (χ2v) is 27.7. The Balaban J connectivity index is 1.08. The largest absolute Gasteiger partial charge is 0.496 e. The van der Waals surface area contributed by atoms with Crippen molar-refractivity contribution in [3.05, 3.63) is 83.9 Å². The van der Waals surface area contributed by atoms with Gasteiger partial charge in [-0.3, -0.25) is 0 Å². The van der Waals surface area contributed by atoms with Crippen molar-refractivity contribution in [2.24, 2.45) is 5.92 Å². The average molecular weight is 959 g/mol. The van der Waals surface area contributed by atoms with E-state index in [2.05, 4.69) is 121 Å². The summed E-state index contributed by atoms with van der Waals surface area (Å²) in [7, 11) is 2.96. The molecule has 0 aromatic heterocycles. The highest BCUT2D eigenvalue weighted by molar-refractivity contribution is 7.67. The van der Waals surface area contributed by atoms with Gasteiger partial charge >= 0.3 is 0 Å². The Kier molecular flexibility index (Phi) is 18.4. The maximum Gasteiger partial charge on any atom is 0.131 e. The minimum absolute atomic E-state index is 0.0672. The zero-order valence-electron chi connectivity index (χ0n) is 43.8. The molecule has 2 unspecified atom stereocenters. The van der Waals surface area contributed by atoms with E-state index in [1.54, 1.807) is 10.6 Å². The zero-order valence-corrected chi connectivity index (χ0v) is 45.6. The molecule has 8 rings (SSSR count). The minimum atomic E-state index is -0.386. The van der Waals surface area contributed by atoms with E-state index in [1.165, 1.54) is 156 Å². The molecule has 4 saturated carbocycles. The molecule has 370 valence electrons. The molecule has 4 nitrogen and oxygen atoms in total. The van der Waals surface area contributed by atoms with Crippen molar-refractivity contribution in [2.75, 3.05) is 14.2 Å². The fourth-order valence-corrected chi connectivity index (χ4v) is 20.8. The van der Waals surface area contributed by atoms with Crippen molar-refractivity contribution >= 4 is 26.5 Å². The molecule has 0 N–H and O–H groups in total. The molecule has 68 heavy (non-hydrogen) atoms. The number of hydrogen-bond acceptors (Lipinski definition) is 4. The first-order valence-corrected chi connectivity index (χ1v) is 30.5. The molecule has 4 fully saturated rings. The number of benzene rings is 4. The van der Waals surface area contributed by atoms with Crippen LogP contribution in [0, 0.1) is 5.92 Å². The van der Waals surface area contributed by atoms with Gasteiger partial charge in [0.05, 0.1) is 37.6 Å². The summed E-state index contributed by atoms with van der Waals surface area (Å²) in [5, 5.41) is 3.18. The standard InChI is InChI=1S/C62H88O4P2/c1-42(2)47-38-55(63-8)61(56(39-47)64-9)53-29-19-21-31-59(53)68(51-27-17-12-18-28-51)52-35-33-46(34-36-52)37-45(7)48-40-57(65-43(3)4)62(58(41-48)66-44(5)6)54-30-20-22-32-60(54)67(49-23-13-10-14-24-49)50-25-15-11-16-26-50/h19-22,29-32,38-46,49-52H,10-18,23-28,33-37H2,1-9H3. The molecular weight excluding hydrogens is 871 g/mol. The highest BCUT2D eigenvalue weighted by Crippen LogP contribution is 2.60. The van der Waals surface area contributed by atoms with Gasteiger partial charge in [-0.15, -0.1) is 0 Å². The third kappa shape index (κ3) is 12.2. The molecule has 2 atom stereocenters. The van der Waals surface area contributed by atoms with E-state index in [9.17, 15) is 0 Å². The first-order valence-electron chi connectivity index (χ1n) is 27.6. The molecule has 6 heteroatoms. The van der Waals surface area contributed by atoms with Gasteiger partial charge < -0.3 is 18.9 Å². The molecule has 0 aliphatic heterocycles. The Bertz CT molecular complexity index is 2130. The van der Waals surface area contributed by atoms with E-state index >= 15 is 0 Å². The van der Waals surface area contributed by atoms with Crippen molar-refractivity contribution in [3.63, 3.8) is 0 Å². The lowest BCUT2D eigenvalue weighted by Gasteiger charge is -2.41.